The van der Waals surface area contributed by atoms with Crippen molar-refractivity contribution < 1.29 is 39.9 Å². The quantitative estimate of drug-likeness (QED) is 0.0587. The third-order valence-corrected chi connectivity index (χ3v) is 5.99. The van der Waals surface area contributed by atoms with Gasteiger partial charge < -0.3 is 46.6 Å². The predicted molar refractivity (Wildman–Crippen MR) is 155 cm³/mol. The lowest BCUT2D eigenvalue weighted by Crippen LogP contribution is -2.55. The number of phenols is 3. The van der Waals surface area contributed by atoms with Crippen molar-refractivity contribution in [2.45, 2.75) is 31.6 Å². The second-order valence-electron chi connectivity index (χ2n) is 9.23. The molecule has 12 nitrogen and oxygen atoms in total. The first kappa shape index (κ1) is 33.3. The standard InChI is InChI=1S/C29H40N4O8/c1-41-26-20-22(6-10-24(26)35)8-12-28(38)33(27(37)11-7-21-5-9-23(34)25(36)19-21)29(39,40)13-18-32-16-3-2-15-31-17-4-14-30/h5-12,19-20,31-32,34-36,39-40H,2-4,13-18,30H2,1H3/b11-7+,12-8+. The van der Waals surface area contributed by atoms with Crippen molar-refractivity contribution in [2.75, 3.05) is 39.8 Å². The molecule has 41 heavy (non-hydrogen) atoms. The summed E-state index contributed by atoms with van der Waals surface area (Å²) in [5, 5.41) is 56.9. The summed E-state index contributed by atoms with van der Waals surface area (Å²) in [6, 6.07) is 8.19. The number of rotatable bonds is 17. The fourth-order valence-electron chi connectivity index (χ4n) is 3.73. The second-order valence-corrected chi connectivity index (χ2v) is 9.23. The van der Waals surface area contributed by atoms with Crippen LogP contribution in [0.25, 0.3) is 12.2 Å². The zero-order chi connectivity index (χ0) is 30.3. The lowest BCUT2D eigenvalue weighted by Gasteiger charge is -2.32. The Bertz CT molecular complexity index is 1200. The number of nitrogens with two attached hydrogens (primary N) is 1. The highest BCUT2D eigenvalue weighted by Gasteiger charge is 2.38. The number of unbranched alkanes of at least 4 members (excludes halogenated alkanes) is 1. The number of phenolic OH excluding ortho intramolecular Hbond substituents is 3. The number of hydrogen-bond acceptors (Lipinski definition) is 11. The van der Waals surface area contributed by atoms with Crippen molar-refractivity contribution >= 4 is 24.0 Å². The van der Waals surface area contributed by atoms with E-state index in [2.05, 4.69) is 10.6 Å². The van der Waals surface area contributed by atoms with Gasteiger partial charge >= 0.3 is 0 Å². The highest BCUT2D eigenvalue weighted by atomic mass is 16.5. The first-order chi connectivity index (χ1) is 19.6. The number of aromatic hydroxyl groups is 3. The van der Waals surface area contributed by atoms with E-state index in [1.807, 2.05) is 0 Å². The van der Waals surface area contributed by atoms with Gasteiger partial charge in [0, 0.05) is 25.1 Å². The topological polar surface area (TPSA) is 198 Å². The summed E-state index contributed by atoms with van der Waals surface area (Å²) in [5.74, 6) is -5.54. The minimum Gasteiger partial charge on any atom is -0.504 e. The first-order valence-electron chi connectivity index (χ1n) is 13.3. The average molecular weight is 573 g/mol. The largest absolute Gasteiger partial charge is 0.504 e. The smallest absolute Gasteiger partial charge is 0.257 e. The van der Waals surface area contributed by atoms with Crippen molar-refractivity contribution in [3.63, 3.8) is 0 Å². The molecule has 0 aromatic heterocycles. The van der Waals surface area contributed by atoms with E-state index in [4.69, 9.17) is 10.5 Å². The molecule has 0 radical (unpaired) electrons. The molecule has 0 spiro atoms. The van der Waals surface area contributed by atoms with E-state index in [1.54, 1.807) is 0 Å². The second kappa shape index (κ2) is 17.0. The van der Waals surface area contributed by atoms with E-state index < -0.39 is 23.5 Å². The fourth-order valence-corrected chi connectivity index (χ4v) is 3.73. The van der Waals surface area contributed by atoms with Crippen LogP contribution in [0, 0.1) is 0 Å². The predicted octanol–water partition coefficient (Wildman–Crippen LogP) is 1.23. The monoisotopic (exact) mass is 572 g/mol. The molecule has 0 bridgehead atoms. The fraction of sp³-hybridized carbons (Fsp3) is 0.379. The van der Waals surface area contributed by atoms with E-state index in [0.717, 1.165) is 44.5 Å². The Balaban J connectivity index is 2.11. The van der Waals surface area contributed by atoms with E-state index in [1.165, 1.54) is 55.7 Å². The third-order valence-electron chi connectivity index (χ3n) is 5.99. The van der Waals surface area contributed by atoms with Crippen molar-refractivity contribution in [3.8, 4) is 23.0 Å². The average Bonchev–Trinajstić information content (AvgIpc) is 2.94. The lowest BCUT2D eigenvalue weighted by molar-refractivity contribution is -0.250. The minimum atomic E-state index is -2.83. The van der Waals surface area contributed by atoms with Crippen LogP contribution in [0.15, 0.2) is 48.6 Å². The number of carbonyl (C=O) groups is 2. The molecule has 12 heteroatoms. The molecule has 0 heterocycles. The molecule has 2 aromatic carbocycles. The molecule has 0 saturated heterocycles. The van der Waals surface area contributed by atoms with Gasteiger partial charge in [-0.25, -0.2) is 4.90 Å². The number of hydrogen-bond donors (Lipinski definition) is 8. The van der Waals surface area contributed by atoms with Crippen LogP contribution in [0.5, 0.6) is 23.0 Å². The van der Waals surface area contributed by atoms with Gasteiger partial charge in [-0.05, 0) is 93.0 Å². The van der Waals surface area contributed by atoms with Gasteiger partial charge in [-0.2, -0.15) is 0 Å². The van der Waals surface area contributed by atoms with Crippen molar-refractivity contribution in [1.82, 2.24) is 15.5 Å². The summed E-state index contributed by atoms with van der Waals surface area (Å²) in [5.41, 5.74) is 6.24. The number of carbonyl (C=O) groups excluding carboxylic acids is 2. The lowest BCUT2D eigenvalue weighted by atomic mass is 10.1. The molecular formula is C29H40N4O8. The van der Waals surface area contributed by atoms with Crippen LogP contribution in [-0.2, 0) is 9.59 Å². The summed E-state index contributed by atoms with van der Waals surface area (Å²) < 4.78 is 5.05. The van der Waals surface area contributed by atoms with Crippen LogP contribution in [0.3, 0.4) is 0 Å². The van der Waals surface area contributed by atoms with Gasteiger partial charge in [-0.15, -0.1) is 0 Å². The Morgan fingerprint density at radius 2 is 1.37 bits per heavy atom. The molecule has 0 aliphatic carbocycles. The van der Waals surface area contributed by atoms with Crippen LogP contribution in [0.2, 0.25) is 0 Å². The molecule has 2 aromatic rings. The van der Waals surface area contributed by atoms with Gasteiger partial charge in [0.1, 0.15) is 0 Å². The Kier molecular flexibility index (Phi) is 13.8. The summed E-state index contributed by atoms with van der Waals surface area (Å²) >= 11 is 0. The number of methoxy groups -OCH3 is 1. The SMILES string of the molecule is COc1cc(/C=C/C(=O)N(C(=O)/C=C/c2ccc(O)c(O)c2)C(O)(O)CCNCCCCNCCCN)ccc1O. The molecule has 0 saturated carbocycles. The van der Waals surface area contributed by atoms with E-state index in [-0.39, 0.29) is 30.2 Å². The number of ether oxygens (including phenoxy) is 1. The first-order valence-corrected chi connectivity index (χ1v) is 13.3. The highest BCUT2D eigenvalue weighted by molar-refractivity contribution is 6.08. The zero-order valence-corrected chi connectivity index (χ0v) is 23.1. The zero-order valence-electron chi connectivity index (χ0n) is 23.1. The number of nitrogens with zero attached hydrogens (tertiary/aromatic N) is 1. The van der Waals surface area contributed by atoms with E-state index in [9.17, 15) is 35.1 Å². The van der Waals surface area contributed by atoms with Crippen LogP contribution in [0.4, 0.5) is 0 Å². The molecule has 2 rings (SSSR count). The molecular weight excluding hydrogens is 532 g/mol. The molecule has 0 aliphatic heterocycles. The maximum atomic E-state index is 13.1. The third kappa shape index (κ3) is 11.2. The summed E-state index contributed by atoms with van der Waals surface area (Å²) in [6.45, 7) is 3.05. The molecule has 0 aliphatic rings. The Hall–Kier alpha value is -3.94. The molecule has 0 unspecified atom stereocenters. The summed E-state index contributed by atoms with van der Waals surface area (Å²) in [7, 11) is 1.37. The molecule has 0 fully saturated rings. The Labute approximate surface area is 239 Å². The highest BCUT2D eigenvalue weighted by Crippen LogP contribution is 2.27. The number of benzene rings is 2. The number of aliphatic hydroxyl groups is 2. The Morgan fingerprint density at radius 3 is 1.93 bits per heavy atom. The summed E-state index contributed by atoms with van der Waals surface area (Å²) in [6.07, 6.45) is 6.83. The molecule has 0 atom stereocenters. The maximum absolute atomic E-state index is 13.1. The van der Waals surface area contributed by atoms with Crippen LogP contribution in [-0.4, -0.2) is 88.0 Å². The number of nitrogens with one attached hydrogen (secondary N) is 2. The van der Waals surface area contributed by atoms with Gasteiger partial charge in [0.15, 0.2) is 23.0 Å². The number of amides is 2. The van der Waals surface area contributed by atoms with Gasteiger partial charge in [0.25, 0.3) is 17.7 Å². The normalized spacial score (nSPS) is 11.8. The molecule has 2 amide bonds. The van der Waals surface area contributed by atoms with Gasteiger partial charge in [-0.3, -0.25) is 9.59 Å². The number of imide groups is 1. The Morgan fingerprint density at radius 1 is 0.829 bits per heavy atom. The van der Waals surface area contributed by atoms with Crippen molar-refractivity contribution in [2.24, 2.45) is 5.73 Å². The van der Waals surface area contributed by atoms with E-state index >= 15 is 0 Å². The van der Waals surface area contributed by atoms with Crippen molar-refractivity contribution in [1.29, 1.82) is 0 Å². The van der Waals surface area contributed by atoms with Crippen LogP contribution in [0.1, 0.15) is 36.8 Å². The van der Waals surface area contributed by atoms with Crippen LogP contribution >= 0.6 is 0 Å². The molecule has 9 N–H and O–H groups in total. The van der Waals surface area contributed by atoms with Crippen molar-refractivity contribution in [3.05, 3.63) is 59.7 Å². The maximum Gasteiger partial charge on any atom is 0.257 e. The minimum absolute atomic E-state index is 0.0988. The van der Waals surface area contributed by atoms with Crippen LogP contribution < -0.4 is 21.1 Å². The van der Waals surface area contributed by atoms with E-state index in [0.29, 0.717) is 29.1 Å². The van der Waals surface area contributed by atoms with Gasteiger partial charge in [-0.1, -0.05) is 12.1 Å². The van der Waals surface area contributed by atoms with Gasteiger partial charge in [0.05, 0.1) is 7.11 Å². The van der Waals surface area contributed by atoms with Gasteiger partial charge in [0.2, 0.25) is 0 Å². The summed E-state index contributed by atoms with van der Waals surface area (Å²) in [4.78, 5) is 26.5. The molecule has 224 valence electrons.